The normalized spacial score (nSPS) is 10.5. The summed E-state index contributed by atoms with van der Waals surface area (Å²) in [4.78, 5) is 24.7. The molecule has 3 N–H and O–H groups in total. The summed E-state index contributed by atoms with van der Waals surface area (Å²) in [5.41, 5.74) is 0.513. The first-order valence-corrected chi connectivity index (χ1v) is 5.28. The summed E-state index contributed by atoms with van der Waals surface area (Å²) < 4.78 is 1.26. The number of carbonyl (C=O) groups is 1. The molecule has 0 spiro atoms. The molecule has 0 aliphatic carbocycles. The van der Waals surface area contributed by atoms with Crippen LogP contribution >= 0.6 is 0 Å². The molecule has 6 nitrogen and oxygen atoms in total. The van der Waals surface area contributed by atoms with Gasteiger partial charge in [-0.3, -0.25) is 9.55 Å². The highest BCUT2D eigenvalue weighted by Crippen LogP contribution is 2.16. The highest BCUT2D eigenvalue weighted by Gasteiger charge is 2.17. The molecular formula is C12H12N2O4. The molecule has 1 heterocycles. The van der Waals surface area contributed by atoms with E-state index in [1.54, 1.807) is 12.1 Å². The number of carboxylic acid groups (broad SMARTS) is 1. The van der Waals surface area contributed by atoms with Crippen molar-refractivity contribution in [3.05, 3.63) is 51.7 Å². The number of H-pyrrole nitrogens is 1. The molecule has 0 saturated carbocycles. The molecule has 0 fully saturated rings. The number of aromatic hydroxyl groups is 1. The highest BCUT2D eigenvalue weighted by molar-refractivity contribution is 5.86. The van der Waals surface area contributed by atoms with Gasteiger partial charge in [0, 0.05) is 13.5 Å². The molecular weight excluding hydrogens is 236 g/mol. The Morgan fingerprint density at radius 1 is 1.44 bits per heavy atom. The molecule has 0 amide bonds. The Kier molecular flexibility index (Phi) is 2.93. The molecule has 18 heavy (non-hydrogen) atoms. The summed E-state index contributed by atoms with van der Waals surface area (Å²) in [6, 6.07) is 6.47. The van der Waals surface area contributed by atoms with Crippen LogP contribution in [0.2, 0.25) is 0 Å². The molecule has 1 aromatic carbocycles. The Hall–Kier alpha value is -2.50. The van der Waals surface area contributed by atoms with Crippen molar-refractivity contribution in [1.29, 1.82) is 0 Å². The van der Waals surface area contributed by atoms with E-state index >= 15 is 0 Å². The smallest absolute Gasteiger partial charge is 0.354 e. The van der Waals surface area contributed by atoms with E-state index in [-0.39, 0.29) is 17.9 Å². The van der Waals surface area contributed by atoms with E-state index in [4.69, 9.17) is 5.11 Å². The van der Waals surface area contributed by atoms with Crippen LogP contribution in [0.4, 0.5) is 0 Å². The zero-order valence-electron chi connectivity index (χ0n) is 9.67. The van der Waals surface area contributed by atoms with Crippen LogP contribution in [0.1, 0.15) is 21.7 Å². The van der Waals surface area contributed by atoms with Gasteiger partial charge < -0.3 is 10.2 Å². The van der Waals surface area contributed by atoms with Gasteiger partial charge in [-0.25, -0.2) is 9.59 Å². The van der Waals surface area contributed by atoms with Gasteiger partial charge in [0.25, 0.3) is 0 Å². The molecule has 1 aromatic heterocycles. The van der Waals surface area contributed by atoms with Crippen molar-refractivity contribution in [3.63, 3.8) is 0 Å². The average Bonchev–Trinajstić information content (AvgIpc) is 2.57. The molecule has 0 bridgehead atoms. The van der Waals surface area contributed by atoms with E-state index in [0.29, 0.717) is 5.69 Å². The van der Waals surface area contributed by atoms with Crippen LogP contribution in [-0.2, 0) is 13.5 Å². The second kappa shape index (κ2) is 4.40. The first kappa shape index (κ1) is 12.0. The third kappa shape index (κ3) is 2.13. The van der Waals surface area contributed by atoms with Gasteiger partial charge in [0.15, 0.2) is 0 Å². The molecule has 6 heteroatoms. The van der Waals surface area contributed by atoms with E-state index < -0.39 is 11.7 Å². The van der Waals surface area contributed by atoms with Gasteiger partial charge in [-0.15, -0.1) is 0 Å². The van der Waals surface area contributed by atoms with Crippen molar-refractivity contribution in [2.45, 2.75) is 6.42 Å². The number of nitrogens with one attached hydrogen (secondary N) is 1. The first-order chi connectivity index (χ1) is 8.49. The van der Waals surface area contributed by atoms with E-state index in [2.05, 4.69) is 4.98 Å². The Balaban J connectivity index is 2.46. The summed E-state index contributed by atoms with van der Waals surface area (Å²) >= 11 is 0. The highest BCUT2D eigenvalue weighted by atomic mass is 16.4. The maximum Gasteiger partial charge on any atom is 0.354 e. The topological polar surface area (TPSA) is 95.3 Å². The third-order valence-corrected chi connectivity index (χ3v) is 2.73. The fraction of sp³-hybridized carbons (Fsp3) is 0.167. The predicted octanol–water partition coefficient (Wildman–Crippen LogP) is 0.708. The number of benzene rings is 1. The largest absolute Gasteiger partial charge is 0.508 e. The molecule has 0 unspecified atom stereocenters. The van der Waals surface area contributed by atoms with E-state index in [9.17, 15) is 14.7 Å². The molecule has 2 rings (SSSR count). The summed E-state index contributed by atoms with van der Waals surface area (Å²) in [5, 5.41) is 18.4. The van der Waals surface area contributed by atoms with Gasteiger partial charge in [-0.1, -0.05) is 12.1 Å². The van der Waals surface area contributed by atoms with Crippen LogP contribution in [-0.4, -0.2) is 25.7 Å². The minimum absolute atomic E-state index is 0.102. The van der Waals surface area contributed by atoms with Crippen LogP contribution in [0.15, 0.2) is 29.1 Å². The average molecular weight is 248 g/mol. The zero-order valence-corrected chi connectivity index (χ0v) is 9.67. The number of aromatic nitrogens is 2. The number of hydrogen-bond acceptors (Lipinski definition) is 3. The van der Waals surface area contributed by atoms with Gasteiger partial charge in [0.1, 0.15) is 11.4 Å². The first-order valence-electron chi connectivity index (χ1n) is 5.28. The van der Waals surface area contributed by atoms with E-state index in [1.165, 1.54) is 23.7 Å². The van der Waals surface area contributed by atoms with Gasteiger partial charge in [-0.05, 0) is 17.7 Å². The number of phenolic OH excluding ortho intramolecular Hbond substituents is 1. The molecule has 0 radical (unpaired) electrons. The zero-order chi connectivity index (χ0) is 13.3. The summed E-state index contributed by atoms with van der Waals surface area (Å²) in [6.07, 6.45) is 0.255. The van der Waals surface area contributed by atoms with Gasteiger partial charge >= 0.3 is 11.7 Å². The predicted molar refractivity (Wildman–Crippen MR) is 63.9 cm³/mol. The minimum atomic E-state index is -1.18. The number of nitrogens with zero attached hydrogens (tertiary/aromatic N) is 1. The molecule has 0 saturated heterocycles. The van der Waals surface area contributed by atoms with Crippen LogP contribution < -0.4 is 5.69 Å². The van der Waals surface area contributed by atoms with Crippen molar-refractivity contribution >= 4 is 5.97 Å². The summed E-state index contributed by atoms with van der Waals surface area (Å²) in [7, 11) is 1.50. The van der Waals surface area contributed by atoms with Crippen molar-refractivity contribution in [3.8, 4) is 5.75 Å². The number of rotatable bonds is 3. The van der Waals surface area contributed by atoms with Crippen molar-refractivity contribution < 1.29 is 15.0 Å². The number of phenols is 1. The molecule has 0 aliphatic heterocycles. The molecule has 2 aromatic rings. The lowest BCUT2D eigenvalue weighted by Crippen LogP contribution is -2.14. The standard InChI is InChI=1S/C12H12N2O4/c1-14-9(10(11(16)17)13-12(14)18)6-7-3-2-4-8(15)5-7/h2-5,15H,6H2,1H3,(H,13,18)(H,16,17). The van der Waals surface area contributed by atoms with Crippen LogP contribution in [0, 0.1) is 0 Å². The van der Waals surface area contributed by atoms with Gasteiger partial charge in [-0.2, -0.15) is 0 Å². The fourth-order valence-corrected chi connectivity index (χ4v) is 1.80. The third-order valence-electron chi connectivity index (χ3n) is 2.73. The second-order valence-electron chi connectivity index (χ2n) is 3.96. The SMILES string of the molecule is Cn1c(Cc2cccc(O)c2)c(C(=O)O)[nH]c1=O. The Morgan fingerprint density at radius 3 is 2.78 bits per heavy atom. The maximum atomic E-state index is 11.4. The van der Waals surface area contributed by atoms with E-state index in [0.717, 1.165) is 5.56 Å². The van der Waals surface area contributed by atoms with Crippen molar-refractivity contribution in [2.75, 3.05) is 0 Å². The number of carboxylic acids is 1. The van der Waals surface area contributed by atoms with Crippen LogP contribution in [0.5, 0.6) is 5.75 Å². The molecule has 94 valence electrons. The maximum absolute atomic E-state index is 11.4. The lowest BCUT2D eigenvalue weighted by Gasteiger charge is -2.04. The summed E-state index contributed by atoms with van der Waals surface area (Å²) in [5.74, 6) is -1.08. The molecule has 0 atom stereocenters. The number of hydrogen-bond donors (Lipinski definition) is 3. The second-order valence-corrected chi connectivity index (χ2v) is 3.96. The van der Waals surface area contributed by atoms with Crippen LogP contribution in [0.25, 0.3) is 0 Å². The van der Waals surface area contributed by atoms with Crippen molar-refractivity contribution in [1.82, 2.24) is 9.55 Å². The Labute approximate surface area is 102 Å². The molecule has 0 aliphatic rings. The monoisotopic (exact) mass is 248 g/mol. The van der Waals surface area contributed by atoms with Gasteiger partial charge in [0.2, 0.25) is 0 Å². The van der Waals surface area contributed by atoms with Crippen LogP contribution in [0.3, 0.4) is 0 Å². The minimum Gasteiger partial charge on any atom is -0.508 e. The van der Waals surface area contributed by atoms with E-state index in [1.807, 2.05) is 0 Å². The lowest BCUT2D eigenvalue weighted by molar-refractivity contribution is 0.0689. The number of aromatic amines is 1. The fourth-order valence-electron chi connectivity index (χ4n) is 1.80. The summed E-state index contributed by atoms with van der Waals surface area (Å²) in [6.45, 7) is 0. The number of imidazole rings is 1. The lowest BCUT2D eigenvalue weighted by atomic mass is 10.1. The quantitative estimate of drug-likeness (QED) is 0.745. The Morgan fingerprint density at radius 2 is 2.17 bits per heavy atom. The Bertz CT molecular complexity index is 654. The number of aromatic carboxylic acids is 1. The van der Waals surface area contributed by atoms with Gasteiger partial charge in [0.05, 0.1) is 5.69 Å². The van der Waals surface area contributed by atoms with Crippen molar-refractivity contribution in [2.24, 2.45) is 7.05 Å².